The second kappa shape index (κ2) is 9.04. The fourth-order valence-electron chi connectivity index (χ4n) is 3.36. The molecule has 1 fully saturated rings. The maximum atomic E-state index is 12.5. The number of nitrogens with zero attached hydrogens (tertiary/aromatic N) is 2. The number of β-amino-alcohol motifs (C(OH)–C–C–N with tert-alkyl or cyclic N) is 1. The van der Waals surface area contributed by atoms with E-state index in [-0.39, 0.29) is 25.1 Å². The van der Waals surface area contributed by atoms with E-state index in [2.05, 4.69) is 4.90 Å². The molecule has 0 bridgehead atoms. The Bertz CT molecular complexity index is 788. The number of likely N-dealkylation sites (tertiary alicyclic amines) is 1. The van der Waals surface area contributed by atoms with Gasteiger partial charge in [0.2, 0.25) is 5.91 Å². The van der Waals surface area contributed by atoms with Gasteiger partial charge in [-0.3, -0.25) is 14.9 Å². The molecule has 1 heterocycles. The lowest BCUT2D eigenvalue weighted by molar-refractivity contribution is -0.168. The van der Waals surface area contributed by atoms with Crippen molar-refractivity contribution in [2.45, 2.75) is 25.0 Å². The maximum Gasteiger partial charge on any atom is 0.250 e. The normalized spacial score (nSPS) is 18.4. The molecule has 2 aromatic carbocycles. The Morgan fingerprint density at radius 2 is 1.93 bits per heavy atom. The van der Waals surface area contributed by atoms with E-state index in [0.717, 1.165) is 10.6 Å². The zero-order valence-corrected chi connectivity index (χ0v) is 16.3. The lowest BCUT2D eigenvalue weighted by atomic mass is 10.0. The molecule has 2 aromatic rings. The molecule has 144 valence electrons. The second-order valence-corrected chi connectivity index (χ2v) is 7.51. The standard InChI is InChI=1S/C20H22Cl2N2O3/c21-17-8-4-7-15(20(17)22)11-19(26)24(27)13-18(14-5-2-1-3-6-14)23-10-9-16(25)12-23/h1-8,16,18,25,27H,9-13H2/t16-,18-/m0/s1. The van der Waals surface area contributed by atoms with E-state index >= 15 is 0 Å². The first-order valence-electron chi connectivity index (χ1n) is 8.85. The lowest BCUT2D eigenvalue weighted by Gasteiger charge is -2.30. The quantitative estimate of drug-likeness (QED) is 0.566. The third kappa shape index (κ3) is 5.00. The Morgan fingerprint density at radius 3 is 2.59 bits per heavy atom. The van der Waals surface area contributed by atoms with Gasteiger partial charge in [0, 0.05) is 13.1 Å². The van der Waals surface area contributed by atoms with E-state index < -0.39 is 5.91 Å². The fraction of sp³-hybridized carbons (Fsp3) is 0.350. The van der Waals surface area contributed by atoms with E-state index in [1.165, 1.54) is 0 Å². The third-order valence-electron chi connectivity index (χ3n) is 4.83. The highest BCUT2D eigenvalue weighted by molar-refractivity contribution is 6.42. The molecular formula is C20H22Cl2N2O3. The van der Waals surface area contributed by atoms with E-state index in [0.29, 0.717) is 35.1 Å². The van der Waals surface area contributed by atoms with Crippen LogP contribution < -0.4 is 0 Å². The Morgan fingerprint density at radius 1 is 1.19 bits per heavy atom. The summed E-state index contributed by atoms with van der Waals surface area (Å²) in [6, 6.07) is 14.6. The Hall–Kier alpha value is -1.63. The highest BCUT2D eigenvalue weighted by atomic mass is 35.5. The minimum absolute atomic E-state index is 0.0416. The molecule has 1 aliphatic rings. The van der Waals surface area contributed by atoms with Gasteiger partial charge in [-0.05, 0) is 23.6 Å². The molecule has 1 aliphatic heterocycles. The van der Waals surface area contributed by atoms with Crippen molar-refractivity contribution in [3.63, 3.8) is 0 Å². The number of aliphatic hydroxyl groups is 1. The van der Waals surface area contributed by atoms with Crippen molar-refractivity contribution in [3.05, 3.63) is 69.7 Å². The first-order valence-corrected chi connectivity index (χ1v) is 9.60. The smallest absolute Gasteiger partial charge is 0.250 e. The lowest BCUT2D eigenvalue weighted by Crippen LogP contribution is -2.39. The summed E-state index contributed by atoms with van der Waals surface area (Å²) >= 11 is 12.1. The van der Waals surface area contributed by atoms with Gasteiger partial charge in [0.15, 0.2) is 0 Å². The number of rotatable bonds is 6. The van der Waals surface area contributed by atoms with Gasteiger partial charge in [-0.25, -0.2) is 5.06 Å². The predicted molar refractivity (Wildman–Crippen MR) is 105 cm³/mol. The molecule has 1 saturated heterocycles. The zero-order valence-electron chi connectivity index (χ0n) is 14.8. The molecule has 0 unspecified atom stereocenters. The Balaban J connectivity index is 1.72. The van der Waals surface area contributed by atoms with Crippen molar-refractivity contribution in [3.8, 4) is 0 Å². The minimum Gasteiger partial charge on any atom is -0.392 e. The molecule has 0 radical (unpaired) electrons. The van der Waals surface area contributed by atoms with Crippen LogP contribution in [0.5, 0.6) is 0 Å². The first kappa shape index (κ1) is 20.1. The van der Waals surface area contributed by atoms with E-state index in [4.69, 9.17) is 23.2 Å². The minimum atomic E-state index is -0.458. The van der Waals surface area contributed by atoms with Gasteiger partial charge in [0.1, 0.15) is 0 Å². The number of carbonyl (C=O) groups excluding carboxylic acids is 1. The van der Waals surface area contributed by atoms with Crippen LogP contribution in [0.3, 0.4) is 0 Å². The number of hydrogen-bond acceptors (Lipinski definition) is 4. The second-order valence-electron chi connectivity index (χ2n) is 6.73. The summed E-state index contributed by atoms with van der Waals surface area (Å²) in [7, 11) is 0. The molecule has 2 N–H and O–H groups in total. The van der Waals surface area contributed by atoms with Crippen molar-refractivity contribution in [2.75, 3.05) is 19.6 Å². The van der Waals surface area contributed by atoms with Crippen LogP contribution in [-0.2, 0) is 11.2 Å². The summed E-state index contributed by atoms with van der Waals surface area (Å²) in [5.41, 5.74) is 1.56. The van der Waals surface area contributed by atoms with Crippen molar-refractivity contribution >= 4 is 29.1 Å². The van der Waals surface area contributed by atoms with Crippen LogP contribution in [0.15, 0.2) is 48.5 Å². The monoisotopic (exact) mass is 408 g/mol. The molecular weight excluding hydrogens is 387 g/mol. The first-order chi connectivity index (χ1) is 13.0. The molecule has 0 aliphatic carbocycles. The third-order valence-corrected chi connectivity index (χ3v) is 5.68. The summed E-state index contributed by atoms with van der Waals surface area (Å²) < 4.78 is 0. The van der Waals surface area contributed by atoms with Crippen molar-refractivity contribution in [1.82, 2.24) is 9.96 Å². The number of hydroxylamine groups is 2. The Labute approximate surface area is 168 Å². The molecule has 27 heavy (non-hydrogen) atoms. The summed E-state index contributed by atoms with van der Waals surface area (Å²) in [4.78, 5) is 14.6. The van der Waals surface area contributed by atoms with Crippen LogP contribution in [0, 0.1) is 0 Å². The molecule has 7 heteroatoms. The average Bonchev–Trinajstić information content (AvgIpc) is 3.10. The van der Waals surface area contributed by atoms with Gasteiger partial charge in [-0.15, -0.1) is 0 Å². The summed E-state index contributed by atoms with van der Waals surface area (Å²) in [6.45, 7) is 1.33. The van der Waals surface area contributed by atoms with Gasteiger partial charge in [0.25, 0.3) is 0 Å². The molecule has 0 saturated carbocycles. The van der Waals surface area contributed by atoms with E-state index in [1.807, 2.05) is 30.3 Å². The summed E-state index contributed by atoms with van der Waals surface area (Å²) in [5.74, 6) is -0.458. The molecule has 5 nitrogen and oxygen atoms in total. The van der Waals surface area contributed by atoms with Gasteiger partial charge >= 0.3 is 0 Å². The molecule has 2 atom stereocenters. The average molecular weight is 409 g/mol. The molecule has 1 amide bonds. The van der Waals surface area contributed by atoms with Crippen LogP contribution >= 0.6 is 23.2 Å². The number of benzene rings is 2. The van der Waals surface area contributed by atoms with Crippen molar-refractivity contribution < 1.29 is 15.1 Å². The topological polar surface area (TPSA) is 64.0 Å². The van der Waals surface area contributed by atoms with E-state index in [9.17, 15) is 15.1 Å². The van der Waals surface area contributed by atoms with Crippen LogP contribution in [0.1, 0.15) is 23.6 Å². The van der Waals surface area contributed by atoms with Crippen LogP contribution in [0.4, 0.5) is 0 Å². The highest BCUT2D eigenvalue weighted by Crippen LogP contribution is 2.28. The van der Waals surface area contributed by atoms with Crippen LogP contribution in [-0.4, -0.2) is 51.9 Å². The van der Waals surface area contributed by atoms with Gasteiger partial charge in [-0.2, -0.15) is 0 Å². The largest absolute Gasteiger partial charge is 0.392 e. The SMILES string of the molecule is O=C(Cc1cccc(Cl)c1Cl)N(O)C[C@@H](c1ccccc1)N1CC[C@H](O)C1. The zero-order chi connectivity index (χ0) is 19.4. The maximum absolute atomic E-state index is 12.5. The predicted octanol–water partition coefficient (Wildman–Crippen LogP) is 3.56. The molecule has 0 aromatic heterocycles. The van der Waals surface area contributed by atoms with Gasteiger partial charge in [-0.1, -0.05) is 65.7 Å². The summed E-state index contributed by atoms with van der Waals surface area (Å²) in [5, 5.41) is 21.7. The molecule has 3 rings (SSSR count). The van der Waals surface area contributed by atoms with Gasteiger partial charge < -0.3 is 5.11 Å². The van der Waals surface area contributed by atoms with Crippen molar-refractivity contribution in [2.24, 2.45) is 0 Å². The summed E-state index contributed by atoms with van der Waals surface area (Å²) in [6.07, 6.45) is 0.255. The Kier molecular flexibility index (Phi) is 6.73. The van der Waals surface area contributed by atoms with E-state index in [1.54, 1.807) is 18.2 Å². The number of hydrogen-bond donors (Lipinski definition) is 2. The fourth-order valence-corrected chi connectivity index (χ4v) is 3.75. The highest BCUT2D eigenvalue weighted by Gasteiger charge is 2.30. The van der Waals surface area contributed by atoms with Crippen LogP contribution in [0.2, 0.25) is 10.0 Å². The van der Waals surface area contributed by atoms with Crippen molar-refractivity contribution in [1.29, 1.82) is 0 Å². The number of carbonyl (C=O) groups is 1. The number of amides is 1. The van der Waals surface area contributed by atoms with Crippen LogP contribution in [0.25, 0.3) is 0 Å². The number of aliphatic hydroxyl groups excluding tert-OH is 1. The molecule has 0 spiro atoms. The van der Waals surface area contributed by atoms with Gasteiger partial charge in [0.05, 0.1) is 35.2 Å². The number of halogens is 2.